The Hall–Kier alpha value is -2.90. The molecule has 0 aromatic heterocycles. The molecule has 0 saturated heterocycles. The van der Waals surface area contributed by atoms with Gasteiger partial charge < -0.3 is 19.5 Å². The SMILES string of the molecule is CCOc1ccccc1OCCCC(=O)Nc1ccc(OCC(F)(F)F)cc1. The second kappa shape index (κ2) is 10.4. The monoisotopic (exact) mass is 397 g/mol. The summed E-state index contributed by atoms with van der Waals surface area (Å²) >= 11 is 0. The van der Waals surface area contributed by atoms with Gasteiger partial charge in [0, 0.05) is 12.1 Å². The Morgan fingerprint density at radius 2 is 1.61 bits per heavy atom. The molecule has 2 aromatic carbocycles. The van der Waals surface area contributed by atoms with Crippen molar-refractivity contribution in [3.05, 3.63) is 48.5 Å². The maximum atomic E-state index is 12.1. The minimum Gasteiger partial charge on any atom is -0.490 e. The Kier molecular flexibility index (Phi) is 7.98. The van der Waals surface area contributed by atoms with E-state index in [9.17, 15) is 18.0 Å². The number of hydrogen-bond acceptors (Lipinski definition) is 4. The minimum absolute atomic E-state index is 0.0803. The first-order chi connectivity index (χ1) is 13.4. The Labute approximate surface area is 161 Å². The lowest BCUT2D eigenvalue weighted by Crippen LogP contribution is -2.19. The highest BCUT2D eigenvalue weighted by molar-refractivity contribution is 5.90. The van der Waals surface area contributed by atoms with Crippen LogP contribution in [0.2, 0.25) is 0 Å². The standard InChI is InChI=1S/C20H22F3NO4/c1-2-26-17-6-3-4-7-18(17)27-13-5-8-19(25)24-15-9-11-16(12-10-15)28-14-20(21,22)23/h3-4,6-7,9-12H,2,5,8,13-14H2,1H3,(H,24,25). The van der Waals surface area contributed by atoms with Gasteiger partial charge in [0.05, 0.1) is 13.2 Å². The highest BCUT2D eigenvalue weighted by Crippen LogP contribution is 2.26. The summed E-state index contributed by atoms with van der Waals surface area (Å²) in [5, 5.41) is 2.67. The van der Waals surface area contributed by atoms with Crippen LogP contribution in [-0.4, -0.2) is 31.9 Å². The molecule has 0 heterocycles. The minimum atomic E-state index is -4.39. The molecule has 2 aromatic rings. The quantitative estimate of drug-likeness (QED) is 0.584. The van der Waals surface area contributed by atoms with Crippen molar-refractivity contribution in [2.75, 3.05) is 25.1 Å². The molecule has 8 heteroatoms. The maximum Gasteiger partial charge on any atom is 0.422 e. The summed E-state index contributed by atoms with van der Waals surface area (Å²) in [6.07, 6.45) is -3.65. The molecule has 0 radical (unpaired) electrons. The first-order valence-electron chi connectivity index (χ1n) is 8.81. The number of hydrogen-bond donors (Lipinski definition) is 1. The van der Waals surface area contributed by atoms with E-state index < -0.39 is 12.8 Å². The van der Waals surface area contributed by atoms with Crippen LogP contribution in [0.15, 0.2) is 48.5 Å². The molecule has 2 rings (SSSR count). The predicted octanol–water partition coefficient (Wildman–Crippen LogP) is 4.82. The van der Waals surface area contributed by atoms with Gasteiger partial charge in [0.1, 0.15) is 5.75 Å². The Balaban J connectivity index is 1.71. The number of ether oxygens (including phenoxy) is 3. The summed E-state index contributed by atoms with van der Waals surface area (Å²) < 4.78 is 52.1. The average molecular weight is 397 g/mol. The molecule has 1 N–H and O–H groups in total. The van der Waals surface area contributed by atoms with Gasteiger partial charge in [-0.3, -0.25) is 4.79 Å². The van der Waals surface area contributed by atoms with E-state index in [-0.39, 0.29) is 18.1 Å². The second-order valence-corrected chi connectivity index (χ2v) is 5.81. The zero-order valence-corrected chi connectivity index (χ0v) is 15.4. The molecule has 0 spiro atoms. The number of amides is 1. The molecule has 1 amide bonds. The van der Waals surface area contributed by atoms with Gasteiger partial charge in [-0.15, -0.1) is 0 Å². The molecule has 0 fully saturated rings. The normalized spacial score (nSPS) is 11.0. The number of halogens is 3. The third kappa shape index (κ3) is 7.77. The number of benzene rings is 2. The summed E-state index contributed by atoms with van der Waals surface area (Å²) in [5.74, 6) is 1.14. The number of alkyl halides is 3. The summed E-state index contributed by atoms with van der Waals surface area (Å²) in [4.78, 5) is 12.0. The first kappa shape index (κ1) is 21.4. The van der Waals surface area contributed by atoms with Crippen molar-refractivity contribution < 1.29 is 32.2 Å². The van der Waals surface area contributed by atoms with Crippen molar-refractivity contribution in [3.63, 3.8) is 0 Å². The molecule has 0 saturated carbocycles. The van der Waals surface area contributed by atoms with E-state index in [1.165, 1.54) is 24.3 Å². The van der Waals surface area contributed by atoms with E-state index >= 15 is 0 Å². The number of anilines is 1. The molecule has 0 atom stereocenters. The topological polar surface area (TPSA) is 56.8 Å². The number of nitrogens with one attached hydrogen (secondary N) is 1. The highest BCUT2D eigenvalue weighted by atomic mass is 19.4. The van der Waals surface area contributed by atoms with Crippen LogP contribution >= 0.6 is 0 Å². The maximum absolute atomic E-state index is 12.1. The molecule has 0 aliphatic carbocycles. The molecule has 152 valence electrons. The lowest BCUT2D eigenvalue weighted by atomic mass is 10.2. The zero-order valence-electron chi connectivity index (χ0n) is 15.4. The van der Waals surface area contributed by atoms with Crippen molar-refractivity contribution in [3.8, 4) is 17.2 Å². The third-order valence-corrected chi connectivity index (χ3v) is 3.50. The van der Waals surface area contributed by atoms with Crippen LogP contribution < -0.4 is 19.5 Å². The van der Waals surface area contributed by atoms with Crippen LogP contribution in [-0.2, 0) is 4.79 Å². The lowest BCUT2D eigenvalue weighted by Gasteiger charge is -2.12. The van der Waals surface area contributed by atoms with E-state index in [1.54, 1.807) is 6.07 Å². The number of rotatable bonds is 10. The molecular formula is C20H22F3NO4. The first-order valence-corrected chi connectivity index (χ1v) is 8.81. The van der Waals surface area contributed by atoms with Gasteiger partial charge in [-0.05, 0) is 49.7 Å². The van der Waals surface area contributed by atoms with Crippen LogP contribution in [0.3, 0.4) is 0 Å². The molecule has 0 unspecified atom stereocenters. The van der Waals surface area contributed by atoms with Crippen LogP contribution in [0.1, 0.15) is 19.8 Å². The molecule has 5 nitrogen and oxygen atoms in total. The summed E-state index contributed by atoms with van der Waals surface area (Å²) in [5.41, 5.74) is 0.479. The largest absolute Gasteiger partial charge is 0.490 e. The number of carbonyl (C=O) groups is 1. The Morgan fingerprint density at radius 3 is 2.21 bits per heavy atom. The van der Waals surface area contributed by atoms with Crippen molar-refractivity contribution in [1.82, 2.24) is 0 Å². The van der Waals surface area contributed by atoms with E-state index in [0.717, 1.165) is 0 Å². The van der Waals surface area contributed by atoms with Gasteiger partial charge in [-0.25, -0.2) is 0 Å². The van der Waals surface area contributed by atoms with Crippen molar-refractivity contribution in [1.29, 1.82) is 0 Å². The van der Waals surface area contributed by atoms with E-state index in [1.807, 2.05) is 25.1 Å². The second-order valence-electron chi connectivity index (χ2n) is 5.81. The van der Waals surface area contributed by atoms with Gasteiger partial charge in [-0.1, -0.05) is 12.1 Å². The fourth-order valence-corrected chi connectivity index (χ4v) is 2.28. The van der Waals surface area contributed by atoms with Gasteiger partial charge in [0.2, 0.25) is 5.91 Å². The van der Waals surface area contributed by atoms with E-state index in [4.69, 9.17) is 9.47 Å². The van der Waals surface area contributed by atoms with Crippen molar-refractivity contribution >= 4 is 11.6 Å². The number of para-hydroxylation sites is 2. The van der Waals surface area contributed by atoms with Crippen molar-refractivity contribution in [2.24, 2.45) is 0 Å². The van der Waals surface area contributed by atoms with Crippen LogP contribution in [0.25, 0.3) is 0 Å². The third-order valence-electron chi connectivity index (χ3n) is 3.50. The Morgan fingerprint density at radius 1 is 0.964 bits per heavy atom. The molecule has 0 bridgehead atoms. The Bertz CT molecular complexity index is 748. The van der Waals surface area contributed by atoms with Crippen LogP contribution in [0.5, 0.6) is 17.2 Å². The lowest BCUT2D eigenvalue weighted by molar-refractivity contribution is -0.153. The molecule has 0 aliphatic heterocycles. The molecule has 0 aliphatic rings. The highest BCUT2D eigenvalue weighted by Gasteiger charge is 2.28. The van der Waals surface area contributed by atoms with Gasteiger partial charge in [-0.2, -0.15) is 13.2 Å². The van der Waals surface area contributed by atoms with Gasteiger partial charge in [0.15, 0.2) is 18.1 Å². The van der Waals surface area contributed by atoms with Gasteiger partial charge in [0.25, 0.3) is 0 Å². The van der Waals surface area contributed by atoms with E-state index in [0.29, 0.717) is 36.8 Å². The van der Waals surface area contributed by atoms with Gasteiger partial charge >= 0.3 is 6.18 Å². The predicted molar refractivity (Wildman–Crippen MR) is 99.0 cm³/mol. The fourth-order valence-electron chi connectivity index (χ4n) is 2.28. The van der Waals surface area contributed by atoms with Crippen LogP contribution in [0.4, 0.5) is 18.9 Å². The molecule has 28 heavy (non-hydrogen) atoms. The summed E-state index contributed by atoms with van der Waals surface area (Å²) in [6.45, 7) is 1.41. The smallest absolute Gasteiger partial charge is 0.422 e. The zero-order chi connectivity index (χ0) is 20.4. The summed E-state index contributed by atoms with van der Waals surface area (Å²) in [7, 11) is 0. The van der Waals surface area contributed by atoms with E-state index in [2.05, 4.69) is 10.1 Å². The fraction of sp³-hybridized carbons (Fsp3) is 0.350. The van der Waals surface area contributed by atoms with Crippen molar-refractivity contribution in [2.45, 2.75) is 25.9 Å². The average Bonchev–Trinajstić information content (AvgIpc) is 2.65. The summed E-state index contributed by atoms with van der Waals surface area (Å²) in [6, 6.07) is 13.0. The number of carbonyl (C=O) groups excluding carboxylic acids is 1. The molecular weight excluding hydrogens is 375 g/mol. The van der Waals surface area contributed by atoms with Crippen LogP contribution in [0, 0.1) is 0 Å².